The maximum atomic E-state index is 11.8. The topological polar surface area (TPSA) is 139 Å². The lowest BCUT2D eigenvalue weighted by molar-refractivity contribution is -0.385. The highest BCUT2D eigenvalue weighted by Gasteiger charge is 2.21. The molecule has 0 aromatic heterocycles. The average Bonchev–Trinajstić information content (AvgIpc) is 2.38. The molecule has 1 rings (SSSR count). The predicted molar refractivity (Wildman–Crippen MR) is 74.6 cm³/mol. The van der Waals surface area contributed by atoms with Crippen molar-refractivity contribution in [2.45, 2.75) is 6.92 Å². The molecule has 0 unspecified atom stereocenters. The molecule has 0 aliphatic carbocycles. The van der Waals surface area contributed by atoms with Gasteiger partial charge >= 0.3 is 5.69 Å². The molecule has 21 heavy (non-hydrogen) atoms. The fraction of sp³-hybridized carbons (Fsp3) is 0.364. The van der Waals surface area contributed by atoms with Gasteiger partial charge < -0.3 is 10.4 Å². The summed E-state index contributed by atoms with van der Waals surface area (Å²) in [4.78, 5) is 21.6. The van der Waals surface area contributed by atoms with E-state index in [1.54, 1.807) is 6.92 Å². The minimum Gasteiger partial charge on any atom is -0.502 e. The van der Waals surface area contributed by atoms with E-state index in [4.69, 9.17) is 0 Å². The zero-order valence-electron chi connectivity index (χ0n) is 11.2. The van der Waals surface area contributed by atoms with Gasteiger partial charge in [-0.2, -0.15) is 0 Å². The number of nitro groups is 1. The first kappa shape index (κ1) is 16.9. The zero-order chi connectivity index (χ0) is 16.0. The summed E-state index contributed by atoms with van der Waals surface area (Å²) in [5.74, 6) is -1.88. The number of rotatable bonds is 7. The predicted octanol–water partition coefficient (Wildman–Crippen LogP) is -0.0305. The van der Waals surface area contributed by atoms with Gasteiger partial charge in [0.1, 0.15) is 0 Å². The van der Waals surface area contributed by atoms with Crippen molar-refractivity contribution in [3.8, 4) is 5.75 Å². The first-order valence-electron chi connectivity index (χ1n) is 6.00. The molecule has 10 heteroatoms. The first-order chi connectivity index (χ1) is 9.78. The summed E-state index contributed by atoms with van der Waals surface area (Å²) < 4.78 is 25.0. The van der Waals surface area contributed by atoms with Crippen molar-refractivity contribution in [1.82, 2.24) is 10.0 Å². The molecule has 0 aliphatic rings. The monoisotopic (exact) mass is 317 g/mol. The number of carbonyl (C=O) groups excluding carboxylic acids is 1. The average molecular weight is 317 g/mol. The Bertz CT molecular complexity index is 643. The molecule has 0 aliphatic heterocycles. The molecule has 1 amide bonds. The molecule has 0 radical (unpaired) electrons. The Labute approximate surface area is 121 Å². The molecule has 3 N–H and O–H groups in total. The Morgan fingerprint density at radius 2 is 2.10 bits per heavy atom. The van der Waals surface area contributed by atoms with Gasteiger partial charge in [-0.1, -0.05) is 13.0 Å². The normalized spacial score (nSPS) is 11.1. The second-order valence-electron chi connectivity index (χ2n) is 4.00. The zero-order valence-corrected chi connectivity index (χ0v) is 12.0. The number of carbonyl (C=O) groups is 1. The number of aromatic hydroxyl groups is 1. The van der Waals surface area contributed by atoms with Crippen molar-refractivity contribution in [2.75, 3.05) is 18.8 Å². The van der Waals surface area contributed by atoms with Gasteiger partial charge in [-0.3, -0.25) is 14.9 Å². The van der Waals surface area contributed by atoms with Crippen LogP contribution in [0.15, 0.2) is 18.2 Å². The highest BCUT2D eigenvalue weighted by molar-refractivity contribution is 7.89. The highest BCUT2D eigenvalue weighted by Crippen LogP contribution is 2.28. The highest BCUT2D eigenvalue weighted by atomic mass is 32.2. The van der Waals surface area contributed by atoms with Crippen LogP contribution in [0.4, 0.5) is 5.69 Å². The van der Waals surface area contributed by atoms with Crippen LogP contribution in [0.25, 0.3) is 0 Å². The first-order valence-corrected chi connectivity index (χ1v) is 7.65. The van der Waals surface area contributed by atoms with Crippen molar-refractivity contribution >= 4 is 21.6 Å². The van der Waals surface area contributed by atoms with Crippen LogP contribution in [0.2, 0.25) is 0 Å². The third-order valence-corrected chi connectivity index (χ3v) is 3.95. The molecule has 0 heterocycles. The maximum absolute atomic E-state index is 11.8. The van der Waals surface area contributed by atoms with Gasteiger partial charge in [0.05, 0.1) is 16.2 Å². The number of para-hydroxylation sites is 1. The van der Waals surface area contributed by atoms with E-state index in [1.165, 1.54) is 12.1 Å². The van der Waals surface area contributed by atoms with Gasteiger partial charge in [0, 0.05) is 19.2 Å². The van der Waals surface area contributed by atoms with Gasteiger partial charge in [-0.15, -0.1) is 0 Å². The molecular weight excluding hydrogens is 302 g/mol. The number of sulfonamides is 1. The van der Waals surface area contributed by atoms with Crippen LogP contribution >= 0.6 is 0 Å². The van der Waals surface area contributed by atoms with E-state index in [0.717, 1.165) is 6.07 Å². The third kappa shape index (κ3) is 4.68. The second-order valence-corrected chi connectivity index (χ2v) is 5.93. The molecule has 0 atom stereocenters. The number of phenols is 1. The van der Waals surface area contributed by atoms with Gasteiger partial charge in [-0.05, 0) is 6.07 Å². The number of amides is 1. The van der Waals surface area contributed by atoms with Crippen molar-refractivity contribution in [1.29, 1.82) is 0 Å². The Morgan fingerprint density at radius 3 is 2.67 bits per heavy atom. The summed E-state index contributed by atoms with van der Waals surface area (Å²) in [6, 6.07) is 3.51. The fourth-order valence-corrected chi connectivity index (χ4v) is 2.50. The van der Waals surface area contributed by atoms with Gasteiger partial charge in [0.25, 0.3) is 5.91 Å². The number of benzene rings is 1. The van der Waals surface area contributed by atoms with Crippen molar-refractivity contribution in [2.24, 2.45) is 0 Å². The number of nitrogens with one attached hydrogen (secondary N) is 2. The molecule has 1 aromatic rings. The molecular formula is C11H15N3O6S. The third-order valence-electron chi connectivity index (χ3n) is 2.48. The molecule has 116 valence electrons. The number of hydrogen-bond acceptors (Lipinski definition) is 6. The van der Waals surface area contributed by atoms with Crippen LogP contribution in [0, 0.1) is 10.1 Å². The van der Waals surface area contributed by atoms with Crippen molar-refractivity contribution in [3.63, 3.8) is 0 Å². The largest absolute Gasteiger partial charge is 0.502 e. The van der Waals surface area contributed by atoms with Crippen molar-refractivity contribution < 1.29 is 23.2 Å². The molecule has 0 saturated heterocycles. The molecule has 0 bridgehead atoms. The number of hydrogen-bond donors (Lipinski definition) is 3. The summed E-state index contributed by atoms with van der Waals surface area (Å²) >= 11 is 0. The summed E-state index contributed by atoms with van der Waals surface area (Å²) in [6.07, 6.45) is 0. The number of nitrogens with zero attached hydrogens (tertiary/aromatic N) is 1. The second kappa shape index (κ2) is 6.99. The molecule has 0 fully saturated rings. The van der Waals surface area contributed by atoms with Crippen LogP contribution in [0.1, 0.15) is 17.3 Å². The quantitative estimate of drug-likeness (QED) is 0.477. The minimum absolute atomic E-state index is 0.184. The Hall–Kier alpha value is -2.20. The Kier molecular flexibility index (Phi) is 5.61. The Balaban J connectivity index is 2.73. The molecule has 0 saturated carbocycles. The smallest absolute Gasteiger partial charge is 0.311 e. The van der Waals surface area contributed by atoms with Gasteiger partial charge in [0.15, 0.2) is 0 Å². The number of phenolic OH excluding ortho intramolecular Hbond substituents is 1. The lowest BCUT2D eigenvalue weighted by Crippen LogP contribution is -2.34. The lowest BCUT2D eigenvalue weighted by atomic mass is 10.1. The summed E-state index contributed by atoms with van der Waals surface area (Å²) in [5, 5.41) is 22.6. The standard InChI is InChI=1S/C11H15N3O6S/c1-2-13-21(19,20)7-6-12-11(16)8-4-3-5-9(10(8)15)14(17)18/h3-5,13,15H,2,6-7H2,1H3,(H,12,16). The van der Waals surface area contributed by atoms with E-state index in [0.29, 0.717) is 0 Å². The molecule has 1 aromatic carbocycles. The fourth-order valence-electron chi connectivity index (χ4n) is 1.55. The maximum Gasteiger partial charge on any atom is 0.311 e. The van der Waals surface area contributed by atoms with Gasteiger partial charge in [-0.25, -0.2) is 13.1 Å². The van der Waals surface area contributed by atoms with Gasteiger partial charge in [0.2, 0.25) is 15.8 Å². The van der Waals surface area contributed by atoms with E-state index in [9.17, 15) is 28.4 Å². The van der Waals surface area contributed by atoms with Crippen molar-refractivity contribution in [3.05, 3.63) is 33.9 Å². The van der Waals surface area contributed by atoms with E-state index in [-0.39, 0.29) is 24.4 Å². The van der Waals surface area contributed by atoms with E-state index in [1.807, 2.05) is 0 Å². The van der Waals surface area contributed by atoms with E-state index >= 15 is 0 Å². The van der Waals surface area contributed by atoms with Crippen LogP contribution in [0.3, 0.4) is 0 Å². The van der Waals surface area contributed by atoms with Crippen LogP contribution < -0.4 is 10.0 Å². The van der Waals surface area contributed by atoms with E-state index < -0.39 is 32.3 Å². The van der Waals surface area contributed by atoms with E-state index in [2.05, 4.69) is 10.0 Å². The SMILES string of the molecule is CCNS(=O)(=O)CCNC(=O)c1cccc([N+](=O)[O-])c1O. The minimum atomic E-state index is -3.48. The Morgan fingerprint density at radius 1 is 1.43 bits per heavy atom. The number of nitro benzene ring substituents is 1. The summed E-state index contributed by atoms with van der Waals surface area (Å²) in [5.41, 5.74) is -0.882. The summed E-state index contributed by atoms with van der Waals surface area (Å²) in [6.45, 7) is 1.68. The summed E-state index contributed by atoms with van der Waals surface area (Å²) in [7, 11) is -3.48. The van der Waals surface area contributed by atoms with Crippen LogP contribution in [-0.2, 0) is 10.0 Å². The lowest BCUT2D eigenvalue weighted by Gasteiger charge is -2.07. The molecule has 9 nitrogen and oxygen atoms in total. The van der Waals surface area contributed by atoms with Crippen LogP contribution in [0.5, 0.6) is 5.75 Å². The van der Waals surface area contributed by atoms with Crippen LogP contribution in [-0.4, -0.2) is 43.2 Å². The molecule has 0 spiro atoms.